The van der Waals surface area contributed by atoms with Gasteiger partial charge in [-0.2, -0.15) is 0 Å². The summed E-state index contributed by atoms with van der Waals surface area (Å²) in [7, 11) is 1.47. The average molecular weight is 370 g/mol. The van der Waals surface area contributed by atoms with Gasteiger partial charge in [-0.3, -0.25) is 4.79 Å². The predicted octanol–water partition coefficient (Wildman–Crippen LogP) is 3.10. The molecule has 0 spiro atoms. The van der Waals surface area contributed by atoms with Gasteiger partial charge in [0, 0.05) is 22.4 Å². The van der Waals surface area contributed by atoms with Crippen LogP contribution < -0.4 is 15.1 Å². The highest BCUT2D eigenvalue weighted by atomic mass is 16.6. The molecule has 0 saturated carbocycles. The molecule has 0 aliphatic carbocycles. The van der Waals surface area contributed by atoms with Gasteiger partial charge in [0.1, 0.15) is 5.58 Å². The van der Waals surface area contributed by atoms with Gasteiger partial charge in [0.25, 0.3) is 0 Å². The lowest BCUT2D eigenvalue weighted by Crippen LogP contribution is -2.15. The van der Waals surface area contributed by atoms with E-state index in [4.69, 9.17) is 18.6 Å². The lowest BCUT2D eigenvalue weighted by molar-refractivity contribution is -0.145. The minimum atomic E-state index is -0.567. The van der Waals surface area contributed by atoms with Crippen molar-refractivity contribution in [1.29, 1.82) is 0 Å². The van der Waals surface area contributed by atoms with Gasteiger partial charge in [0.15, 0.2) is 23.9 Å². The number of esters is 1. The molecule has 0 bridgehead atoms. The molecule has 7 nitrogen and oxygen atoms in total. The molecule has 140 valence electrons. The van der Waals surface area contributed by atoms with Crippen LogP contribution in [-0.4, -0.2) is 32.1 Å². The topological polar surface area (TPSA) is 92.0 Å². The molecule has 3 rings (SSSR count). The summed E-state index contributed by atoms with van der Waals surface area (Å²) in [6.07, 6.45) is 0. The third kappa shape index (κ3) is 3.62. The molecule has 0 amide bonds. The normalized spacial score (nSPS) is 10.8. The van der Waals surface area contributed by atoms with E-state index in [0.717, 1.165) is 0 Å². The van der Waals surface area contributed by atoms with Gasteiger partial charge in [-0.05, 0) is 26.0 Å². The Labute approximate surface area is 154 Å². The highest BCUT2D eigenvalue weighted by molar-refractivity contribution is 6.07. The van der Waals surface area contributed by atoms with Gasteiger partial charge in [0.2, 0.25) is 0 Å². The number of ketones is 1. The molecule has 0 radical (unpaired) electrons. The van der Waals surface area contributed by atoms with Crippen LogP contribution in [0.4, 0.5) is 0 Å². The number of Topliss-reactive ketones (excluding diaryl/α,β-unsaturated/α-hetero) is 1. The summed E-state index contributed by atoms with van der Waals surface area (Å²) in [5.74, 6) is -0.0356. The average Bonchev–Trinajstić information content (AvgIpc) is 2.65. The number of fused-ring (bicyclic) bond motifs is 3. The van der Waals surface area contributed by atoms with Crippen molar-refractivity contribution in [2.45, 2.75) is 13.8 Å². The molecule has 1 heterocycles. The van der Waals surface area contributed by atoms with Crippen LogP contribution in [0.1, 0.15) is 24.2 Å². The van der Waals surface area contributed by atoms with Crippen LogP contribution in [0.5, 0.6) is 11.5 Å². The summed E-state index contributed by atoms with van der Waals surface area (Å²) in [6.45, 7) is 3.08. The fourth-order valence-corrected chi connectivity index (χ4v) is 2.77. The predicted molar refractivity (Wildman–Crippen MR) is 98.7 cm³/mol. The van der Waals surface area contributed by atoms with E-state index >= 15 is 0 Å². The van der Waals surface area contributed by atoms with Crippen molar-refractivity contribution in [2.24, 2.45) is 0 Å². The van der Waals surface area contributed by atoms with E-state index in [1.54, 1.807) is 25.1 Å². The number of hydrogen-bond donors (Lipinski definition) is 0. The van der Waals surface area contributed by atoms with Crippen LogP contribution in [-0.2, 0) is 9.53 Å². The Morgan fingerprint density at radius 2 is 1.81 bits per heavy atom. The molecule has 0 unspecified atom stereocenters. The lowest BCUT2D eigenvalue weighted by Gasteiger charge is -2.12. The largest absolute Gasteiger partial charge is 0.493 e. The minimum Gasteiger partial charge on any atom is -0.493 e. The Morgan fingerprint density at radius 1 is 1.04 bits per heavy atom. The van der Waals surface area contributed by atoms with Crippen molar-refractivity contribution in [1.82, 2.24) is 0 Å². The molecule has 0 saturated heterocycles. The summed E-state index contributed by atoms with van der Waals surface area (Å²) in [5.41, 5.74) is 0.139. The fourth-order valence-electron chi connectivity index (χ4n) is 2.77. The van der Waals surface area contributed by atoms with Crippen molar-refractivity contribution >= 4 is 33.5 Å². The first-order valence-electron chi connectivity index (χ1n) is 8.32. The molecule has 0 atom stereocenters. The minimum absolute atomic E-state index is 0.142. The van der Waals surface area contributed by atoms with Gasteiger partial charge in [-0.1, -0.05) is 12.1 Å². The second-order valence-electron chi connectivity index (χ2n) is 5.80. The van der Waals surface area contributed by atoms with E-state index in [9.17, 15) is 14.4 Å². The molecule has 1 aromatic heterocycles. The van der Waals surface area contributed by atoms with Crippen molar-refractivity contribution < 1.29 is 28.2 Å². The molecule has 0 N–H and O–H groups in total. The van der Waals surface area contributed by atoms with E-state index in [-0.39, 0.29) is 30.3 Å². The van der Waals surface area contributed by atoms with Crippen LogP contribution in [0.25, 0.3) is 21.7 Å². The van der Waals surface area contributed by atoms with E-state index in [2.05, 4.69) is 0 Å². The molecule has 27 heavy (non-hydrogen) atoms. The van der Waals surface area contributed by atoms with Crippen molar-refractivity contribution in [3.05, 3.63) is 46.3 Å². The molecule has 0 aliphatic rings. The van der Waals surface area contributed by atoms with E-state index < -0.39 is 11.6 Å². The maximum Gasteiger partial charge on any atom is 0.344 e. The van der Waals surface area contributed by atoms with Crippen molar-refractivity contribution in [2.75, 3.05) is 20.3 Å². The van der Waals surface area contributed by atoms with E-state index in [0.29, 0.717) is 27.5 Å². The first-order chi connectivity index (χ1) is 12.9. The molecular formula is C20H18O7. The monoisotopic (exact) mass is 370 g/mol. The number of carbonyl (C=O) groups excluding carboxylic acids is 2. The third-order valence-electron chi connectivity index (χ3n) is 4.06. The summed E-state index contributed by atoms with van der Waals surface area (Å²) in [6, 6.07) is 8.02. The highest BCUT2D eigenvalue weighted by Crippen LogP contribution is 2.35. The smallest absolute Gasteiger partial charge is 0.344 e. The number of rotatable bonds is 6. The van der Waals surface area contributed by atoms with Crippen LogP contribution in [0.3, 0.4) is 0 Å². The van der Waals surface area contributed by atoms with Gasteiger partial charge < -0.3 is 18.6 Å². The Hall–Kier alpha value is -3.35. The first kappa shape index (κ1) is 18.4. The van der Waals surface area contributed by atoms with Crippen LogP contribution in [0, 0.1) is 0 Å². The van der Waals surface area contributed by atoms with E-state index in [1.165, 1.54) is 26.2 Å². The van der Waals surface area contributed by atoms with Crippen LogP contribution in [0.2, 0.25) is 0 Å². The molecular weight excluding hydrogens is 352 g/mol. The number of methoxy groups -OCH3 is 1. The maximum absolute atomic E-state index is 12.4. The summed E-state index contributed by atoms with van der Waals surface area (Å²) in [4.78, 5) is 35.4. The van der Waals surface area contributed by atoms with E-state index in [1.807, 2.05) is 0 Å². The molecule has 0 aliphatic heterocycles. The zero-order valence-electron chi connectivity index (χ0n) is 15.2. The van der Waals surface area contributed by atoms with Gasteiger partial charge >= 0.3 is 11.6 Å². The lowest BCUT2D eigenvalue weighted by atomic mass is 10.0. The van der Waals surface area contributed by atoms with Gasteiger partial charge in [-0.25, -0.2) is 9.59 Å². The Bertz CT molecular complexity index is 1090. The number of ether oxygens (including phenoxy) is 3. The summed E-state index contributed by atoms with van der Waals surface area (Å²) < 4.78 is 21.0. The first-order valence-corrected chi connectivity index (χ1v) is 8.32. The summed E-state index contributed by atoms with van der Waals surface area (Å²) >= 11 is 0. The van der Waals surface area contributed by atoms with Gasteiger partial charge in [-0.15, -0.1) is 0 Å². The van der Waals surface area contributed by atoms with Crippen LogP contribution in [0.15, 0.2) is 39.5 Å². The maximum atomic E-state index is 12.4. The molecule has 7 heteroatoms. The quantitative estimate of drug-likeness (QED) is 0.285. The third-order valence-corrected chi connectivity index (χ3v) is 4.06. The summed E-state index contributed by atoms with van der Waals surface area (Å²) in [5, 5.41) is 1.55. The number of benzene rings is 2. The van der Waals surface area contributed by atoms with Gasteiger partial charge in [0.05, 0.1) is 19.1 Å². The highest BCUT2D eigenvalue weighted by Gasteiger charge is 2.15. The number of carbonyl (C=O) groups is 2. The second kappa shape index (κ2) is 7.49. The SMILES string of the molecule is CCOC(=O)COc1cc2oc(=O)c3cc(C(C)=O)ccc3c2cc1OC. The Kier molecular flexibility index (Phi) is 5.12. The molecule has 0 fully saturated rings. The fraction of sp³-hybridized carbons (Fsp3) is 0.250. The zero-order valence-corrected chi connectivity index (χ0v) is 15.2. The van der Waals surface area contributed by atoms with Crippen molar-refractivity contribution in [3.63, 3.8) is 0 Å². The van der Waals surface area contributed by atoms with Crippen molar-refractivity contribution in [3.8, 4) is 11.5 Å². The molecule has 2 aromatic carbocycles. The zero-order chi connectivity index (χ0) is 19.6. The van der Waals surface area contributed by atoms with Crippen LogP contribution >= 0.6 is 0 Å². The Morgan fingerprint density at radius 3 is 2.48 bits per heavy atom. The second-order valence-corrected chi connectivity index (χ2v) is 5.80. The Balaban J connectivity index is 2.13. The standard InChI is InChI=1S/C20H18O7/c1-4-25-19(22)10-26-18-9-16-14(8-17(18)24-3)13-6-5-12(11(2)21)7-15(13)20(23)27-16/h5-9H,4,10H2,1-3H3. The number of hydrogen-bond acceptors (Lipinski definition) is 7. The molecule has 3 aromatic rings.